The minimum atomic E-state index is -0.306. The van der Waals surface area contributed by atoms with Crippen LogP contribution in [0.4, 0.5) is 11.4 Å². The fraction of sp³-hybridized carbons (Fsp3) is 0. The third kappa shape index (κ3) is 2.66. The second-order valence-corrected chi connectivity index (χ2v) is 6.14. The quantitative estimate of drug-likeness (QED) is 0.560. The van der Waals surface area contributed by atoms with Crippen molar-refractivity contribution in [2.75, 3.05) is 11.1 Å². The molecule has 0 radical (unpaired) electrons. The number of H-pyrrole nitrogens is 1. The zero-order valence-electron chi connectivity index (χ0n) is 10.7. The van der Waals surface area contributed by atoms with Gasteiger partial charge in [-0.25, -0.2) is 0 Å². The smallest absolute Gasteiger partial charge is 0.276 e. The van der Waals surface area contributed by atoms with Crippen LogP contribution in [0.3, 0.4) is 0 Å². The summed E-state index contributed by atoms with van der Waals surface area (Å²) in [6.45, 7) is 0. The van der Waals surface area contributed by atoms with Gasteiger partial charge in [-0.15, -0.1) is 0 Å². The van der Waals surface area contributed by atoms with E-state index in [0.29, 0.717) is 22.5 Å². The molecule has 0 aliphatic carbocycles. The van der Waals surface area contributed by atoms with Gasteiger partial charge >= 0.3 is 0 Å². The maximum Gasteiger partial charge on any atom is 0.276 e. The van der Waals surface area contributed by atoms with Crippen LogP contribution in [0.5, 0.6) is 0 Å². The number of carbonyl (C=O) groups is 1. The van der Waals surface area contributed by atoms with Crippen molar-refractivity contribution in [3.05, 3.63) is 51.0 Å². The molecule has 0 saturated carbocycles. The molecule has 0 bridgehead atoms. The molecule has 3 rings (SSSR count). The zero-order chi connectivity index (χ0) is 15.0. The first-order valence-corrected chi connectivity index (χ1v) is 7.64. The van der Waals surface area contributed by atoms with Gasteiger partial charge in [0.2, 0.25) is 0 Å². The molecule has 4 N–H and O–H groups in total. The Hall–Kier alpha value is -1.86. The number of anilines is 2. The molecule has 106 valence electrons. The summed E-state index contributed by atoms with van der Waals surface area (Å²) in [5, 5.41) is 10.4. The van der Waals surface area contributed by atoms with Crippen molar-refractivity contribution in [3.63, 3.8) is 0 Å². The van der Waals surface area contributed by atoms with Crippen molar-refractivity contribution in [1.29, 1.82) is 0 Å². The molecule has 21 heavy (non-hydrogen) atoms. The van der Waals surface area contributed by atoms with E-state index in [4.69, 9.17) is 5.73 Å². The highest BCUT2D eigenvalue weighted by atomic mass is 79.9. The summed E-state index contributed by atoms with van der Waals surface area (Å²) in [6.07, 6.45) is 0. The summed E-state index contributed by atoms with van der Waals surface area (Å²) in [6, 6.07) is 10.8. The Morgan fingerprint density at radius 3 is 2.62 bits per heavy atom. The van der Waals surface area contributed by atoms with Crippen molar-refractivity contribution >= 4 is 60.0 Å². The SMILES string of the molecule is Nc1ccc2[nH]nc(C(=O)Nc3c(Br)cccc3Br)c2c1. The van der Waals surface area contributed by atoms with Gasteiger partial charge in [0.1, 0.15) is 0 Å². The lowest BCUT2D eigenvalue weighted by molar-refractivity contribution is 0.102. The summed E-state index contributed by atoms with van der Waals surface area (Å²) in [5.41, 5.74) is 8.07. The summed E-state index contributed by atoms with van der Waals surface area (Å²) in [4.78, 5) is 12.4. The molecule has 1 aromatic heterocycles. The summed E-state index contributed by atoms with van der Waals surface area (Å²) < 4.78 is 1.56. The van der Waals surface area contributed by atoms with E-state index >= 15 is 0 Å². The fourth-order valence-electron chi connectivity index (χ4n) is 1.99. The van der Waals surface area contributed by atoms with Gasteiger partial charge in [-0.2, -0.15) is 5.10 Å². The van der Waals surface area contributed by atoms with Gasteiger partial charge in [0.05, 0.1) is 11.2 Å². The van der Waals surface area contributed by atoms with E-state index in [0.717, 1.165) is 14.5 Å². The van der Waals surface area contributed by atoms with Gasteiger partial charge in [0.25, 0.3) is 5.91 Å². The number of nitrogen functional groups attached to an aromatic ring is 1. The van der Waals surface area contributed by atoms with Crippen LogP contribution in [0.15, 0.2) is 45.3 Å². The van der Waals surface area contributed by atoms with Gasteiger partial charge in [0, 0.05) is 20.0 Å². The van der Waals surface area contributed by atoms with E-state index in [1.165, 1.54) is 0 Å². The number of aromatic nitrogens is 2. The number of halogens is 2. The number of aromatic amines is 1. The van der Waals surface area contributed by atoms with Crippen LogP contribution in [0.1, 0.15) is 10.5 Å². The average molecular weight is 410 g/mol. The third-order valence-corrected chi connectivity index (χ3v) is 4.32. The minimum absolute atomic E-state index is 0.306. The number of para-hydroxylation sites is 1. The molecule has 0 aliphatic heterocycles. The number of nitrogens with two attached hydrogens (primary N) is 1. The van der Waals surface area contributed by atoms with Crippen LogP contribution >= 0.6 is 31.9 Å². The van der Waals surface area contributed by atoms with E-state index in [-0.39, 0.29) is 5.91 Å². The second kappa shape index (κ2) is 5.50. The van der Waals surface area contributed by atoms with Crippen LogP contribution < -0.4 is 11.1 Å². The number of nitrogens with one attached hydrogen (secondary N) is 2. The second-order valence-electron chi connectivity index (χ2n) is 4.43. The first-order chi connectivity index (χ1) is 10.1. The Kier molecular flexibility index (Phi) is 3.69. The molecule has 5 nitrogen and oxygen atoms in total. The molecule has 0 unspecified atom stereocenters. The molecular weight excluding hydrogens is 400 g/mol. The van der Waals surface area contributed by atoms with Crippen molar-refractivity contribution in [2.24, 2.45) is 0 Å². The van der Waals surface area contributed by atoms with Gasteiger partial charge < -0.3 is 11.1 Å². The van der Waals surface area contributed by atoms with Crippen LogP contribution in [0.2, 0.25) is 0 Å². The summed E-state index contributed by atoms with van der Waals surface area (Å²) in [5.74, 6) is -0.306. The number of fused-ring (bicyclic) bond motifs is 1. The molecule has 0 atom stereocenters. The maximum atomic E-state index is 12.4. The molecular formula is C14H10Br2N4O. The molecule has 0 saturated heterocycles. The number of nitrogens with zero attached hydrogens (tertiary/aromatic N) is 1. The fourth-order valence-corrected chi connectivity index (χ4v) is 3.19. The molecule has 3 aromatic rings. The van der Waals surface area contributed by atoms with E-state index in [2.05, 4.69) is 47.4 Å². The lowest BCUT2D eigenvalue weighted by atomic mass is 10.2. The van der Waals surface area contributed by atoms with Gasteiger partial charge in [-0.1, -0.05) is 6.07 Å². The number of carbonyl (C=O) groups excluding carboxylic acids is 1. The van der Waals surface area contributed by atoms with Crippen LogP contribution in [-0.2, 0) is 0 Å². The van der Waals surface area contributed by atoms with Crippen molar-refractivity contribution in [3.8, 4) is 0 Å². The number of rotatable bonds is 2. The Morgan fingerprint density at radius 2 is 1.90 bits per heavy atom. The number of hydrogen-bond donors (Lipinski definition) is 3. The number of amides is 1. The predicted octanol–water partition coefficient (Wildman–Crippen LogP) is 3.92. The molecule has 7 heteroatoms. The van der Waals surface area contributed by atoms with E-state index < -0.39 is 0 Å². The molecule has 0 fully saturated rings. The zero-order valence-corrected chi connectivity index (χ0v) is 13.8. The maximum absolute atomic E-state index is 12.4. The summed E-state index contributed by atoms with van der Waals surface area (Å²) >= 11 is 6.81. The minimum Gasteiger partial charge on any atom is -0.399 e. The summed E-state index contributed by atoms with van der Waals surface area (Å²) in [7, 11) is 0. The van der Waals surface area contributed by atoms with E-state index in [1.54, 1.807) is 18.2 Å². The Morgan fingerprint density at radius 1 is 1.19 bits per heavy atom. The highest BCUT2D eigenvalue weighted by molar-refractivity contribution is 9.11. The first-order valence-electron chi connectivity index (χ1n) is 6.05. The number of benzene rings is 2. The lowest BCUT2D eigenvalue weighted by Crippen LogP contribution is -2.13. The topological polar surface area (TPSA) is 83.8 Å². The van der Waals surface area contributed by atoms with Crippen LogP contribution in [0.25, 0.3) is 10.9 Å². The molecule has 0 spiro atoms. The largest absolute Gasteiger partial charge is 0.399 e. The molecule has 1 amide bonds. The standard InChI is InChI=1S/C14H10Br2N4O/c15-9-2-1-3-10(16)13(9)18-14(21)12-8-6-7(17)4-5-11(8)19-20-12/h1-6H,17H2,(H,18,21)(H,19,20). The Bertz CT molecular complexity index is 824. The average Bonchev–Trinajstić information content (AvgIpc) is 2.86. The van der Waals surface area contributed by atoms with Gasteiger partial charge in [-0.05, 0) is 62.2 Å². The first kappa shape index (κ1) is 14.1. The van der Waals surface area contributed by atoms with Crippen LogP contribution in [0, 0.1) is 0 Å². The monoisotopic (exact) mass is 408 g/mol. The predicted molar refractivity (Wildman–Crippen MR) is 90.3 cm³/mol. The molecule has 0 aliphatic rings. The highest BCUT2D eigenvalue weighted by Gasteiger charge is 2.16. The third-order valence-electron chi connectivity index (χ3n) is 3.00. The van der Waals surface area contributed by atoms with Crippen molar-refractivity contribution < 1.29 is 4.79 Å². The van der Waals surface area contributed by atoms with Gasteiger partial charge in [-0.3, -0.25) is 9.89 Å². The lowest BCUT2D eigenvalue weighted by Gasteiger charge is -2.08. The normalized spacial score (nSPS) is 10.8. The molecule has 1 heterocycles. The van der Waals surface area contributed by atoms with Gasteiger partial charge in [0.15, 0.2) is 5.69 Å². The number of hydrogen-bond acceptors (Lipinski definition) is 3. The van der Waals surface area contributed by atoms with E-state index in [1.807, 2.05) is 18.2 Å². The molecule has 2 aromatic carbocycles. The van der Waals surface area contributed by atoms with E-state index in [9.17, 15) is 4.79 Å². The van der Waals surface area contributed by atoms with Crippen molar-refractivity contribution in [2.45, 2.75) is 0 Å². The van der Waals surface area contributed by atoms with Crippen molar-refractivity contribution in [1.82, 2.24) is 10.2 Å². The Labute approximate surface area is 137 Å². The van der Waals surface area contributed by atoms with Crippen LogP contribution in [-0.4, -0.2) is 16.1 Å². The Balaban J connectivity index is 2.00. The highest BCUT2D eigenvalue weighted by Crippen LogP contribution is 2.31.